The van der Waals surface area contributed by atoms with Crippen LogP contribution in [0.15, 0.2) is 0 Å². The molecule has 1 aromatic rings. The minimum absolute atomic E-state index is 0.0900. The van der Waals surface area contributed by atoms with Crippen LogP contribution in [0.3, 0.4) is 0 Å². The van der Waals surface area contributed by atoms with Crippen molar-refractivity contribution in [2.45, 2.75) is 31.4 Å². The van der Waals surface area contributed by atoms with Crippen molar-refractivity contribution < 1.29 is 31.9 Å². The second-order valence-electron chi connectivity index (χ2n) is 5.20. The van der Waals surface area contributed by atoms with Gasteiger partial charge in [0.15, 0.2) is 5.69 Å². The maximum absolute atomic E-state index is 12.9. The van der Waals surface area contributed by atoms with Gasteiger partial charge in [-0.1, -0.05) is 0 Å². The van der Waals surface area contributed by atoms with E-state index >= 15 is 0 Å². The van der Waals surface area contributed by atoms with Gasteiger partial charge in [0.1, 0.15) is 6.61 Å². The zero-order valence-corrected chi connectivity index (χ0v) is 11.3. The molecule has 1 aliphatic rings. The molecule has 2 rings (SSSR count). The Labute approximate surface area is 121 Å². The van der Waals surface area contributed by atoms with Crippen molar-refractivity contribution in [2.75, 3.05) is 13.2 Å². The third-order valence-electron chi connectivity index (χ3n) is 3.54. The van der Waals surface area contributed by atoms with Gasteiger partial charge in [-0.2, -0.15) is 18.3 Å². The molecular weight excluding hydrogens is 313 g/mol. The smallest absolute Gasteiger partial charge is 0.390 e. The molecule has 1 amide bonds. The number of alkyl halides is 5. The van der Waals surface area contributed by atoms with Crippen molar-refractivity contribution in [3.8, 4) is 0 Å². The van der Waals surface area contributed by atoms with Crippen molar-refractivity contribution in [1.29, 1.82) is 0 Å². The number of carbonyl (C=O) groups is 1. The van der Waals surface area contributed by atoms with E-state index in [0.29, 0.717) is 5.69 Å². The van der Waals surface area contributed by atoms with Crippen LogP contribution in [0.4, 0.5) is 22.0 Å². The average Bonchev–Trinajstić information content (AvgIpc) is 2.87. The molecule has 0 spiro atoms. The molecule has 0 aromatic carbocycles. The van der Waals surface area contributed by atoms with Gasteiger partial charge in [0.2, 0.25) is 5.91 Å². The van der Waals surface area contributed by atoms with Crippen LogP contribution in [0.5, 0.6) is 0 Å². The maximum atomic E-state index is 12.9. The topological polar surface area (TPSA) is 78.0 Å². The monoisotopic (exact) mass is 327 g/mol. The number of nitrogens with one attached hydrogen (secondary N) is 2. The number of rotatable bonds is 4. The molecule has 0 saturated carbocycles. The van der Waals surface area contributed by atoms with Crippen LogP contribution in [-0.4, -0.2) is 40.3 Å². The lowest BCUT2D eigenvalue weighted by atomic mass is 9.85. The van der Waals surface area contributed by atoms with Crippen LogP contribution in [-0.2, 0) is 23.8 Å². The largest absolute Gasteiger partial charge is 0.435 e. The van der Waals surface area contributed by atoms with Crippen LogP contribution < -0.4 is 5.32 Å². The molecule has 1 aliphatic carbocycles. The number of aromatic amines is 1. The number of aliphatic hydroxyl groups excluding tert-OH is 1. The lowest BCUT2D eigenvalue weighted by Gasteiger charge is -2.23. The van der Waals surface area contributed by atoms with Gasteiger partial charge in [0, 0.05) is 17.2 Å². The fourth-order valence-electron chi connectivity index (χ4n) is 2.37. The van der Waals surface area contributed by atoms with Gasteiger partial charge in [-0.15, -0.1) is 0 Å². The van der Waals surface area contributed by atoms with Crippen molar-refractivity contribution >= 4 is 5.91 Å². The lowest BCUT2D eigenvalue weighted by Crippen LogP contribution is -2.42. The molecular formula is C12H14F5N3O2. The minimum Gasteiger partial charge on any atom is -0.390 e. The van der Waals surface area contributed by atoms with E-state index < -0.39 is 42.8 Å². The van der Waals surface area contributed by atoms with Gasteiger partial charge in [-0.05, 0) is 19.3 Å². The van der Waals surface area contributed by atoms with E-state index in [0.717, 1.165) is 0 Å². The number of carbonyl (C=O) groups excluding carboxylic acids is 1. The Morgan fingerprint density at radius 3 is 2.64 bits per heavy atom. The first kappa shape index (κ1) is 16.7. The Morgan fingerprint density at radius 1 is 1.36 bits per heavy atom. The van der Waals surface area contributed by atoms with Crippen LogP contribution in [0.1, 0.15) is 23.4 Å². The van der Waals surface area contributed by atoms with Crippen molar-refractivity contribution in [2.24, 2.45) is 5.92 Å². The molecule has 0 fully saturated rings. The number of hydrogen-bond donors (Lipinski definition) is 3. The van der Waals surface area contributed by atoms with E-state index in [1.54, 1.807) is 0 Å². The Kier molecular flexibility index (Phi) is 4.41. The fraction of sp³-hybridized carbons (Fsp3) is 0.667. The summed E-state index contributed by atoms with van der Waals surface area (Å²) >= 11 is 0. The van der Waals surface area contributed by atoms with Gasteiger partial charge in [0.05, 0.1) is 6.54 Å². The quantitative estimate of drug-likeness (QED) is 0.729. The Morgan fingerprint density at radius 2 is 2.05 bits per heavy atom. The molecule has 1 aromatic heterocycles. The summed E-state index contributed by atoms with van der Waals surface area (Å²) < 4.78 is 64.1. The summed E-state index contributed by atoms with van der Waals surface area (Å²) in [6.45, 7) is -2.47. The Bertz CT molecular complexity index is 555. The molecule has 0 bridgehead atoms. The molecule has 124 valence electrons. The summed E-state index contributed by atoms with van der Waals surface area (Å²) in [5.74, 6) is -5.05. The zero-order chi connectivity index (χ0) is 16.5. The number of H-pyrrole nitrogens is 1. The van der Waals surface area contributed by atoms with Crippen molar-refractivity contribution in [3.63, 3.8) is 0 Å². The zero-order valence-electron chi connectivity index (χ0n) is 11.3. The Balaban J connectivity index is 2.05. The molecule has 1 heterocycles. The number of amides is 1. The normalized spacial score (nSPS) is 18.9. The highest BCUT2D eigenvalue weighted by Gasteiger charge is 2.40. The summed E-state index contributed by atoms with van der Waals surface area (Å²) in [6, 6.07) is 0. The molecule has 1 atom stereocenters. The predicted molar refractivity (Wildman–Crippen MR) is 64.1 cm³/mol. The highest BCUT2D eigenvalue weighted by Crippen LogP contribution is 2.36. The summed E-state index contributed by atoms with van der Waals surface area (Å²) in [5.41, 5.74) is -0.842. The SMILES string of the molecule is O=C(NCC(F)(F)CO)[C@H]1CCc2[nH]nc(C(F)(F)F)c2C1. The highest BCUT2D eigenvalue weighted by atomic mass is 19.4. The molecule has 22 heavy (non-hydrogen) atoms. The molecule has 5 nitrogen and oxygen atoms in total. The van der Waals surface area contributed by atoms with Crippen LogP contribution in [0.25, 0.3) is 0 Å². The summed E-state index contributed by atoms with van der Waals surface area (Å²) in [5, 5.41) is 15.9. The molecule has 10 heteroatoms. The first-order valence-electron chi connectivity index (χ1n) is 6.54. The van der Waals surface area contributed by atoms with Gasteiger partial charge < -0.3 is 10.4 Å². The average molecular weight is 327 g/mol. The van der Waals surface area contributed by atoms with E-state index in [4.69, 9.17) is 5.11 Å². The molecule has 3 N–H and O–H groups in total. The lowest BCUT2D eigenvalue weighted by molar-refractivity contribution is -0.142. The highest BCUT2D eigenvalue weighted by molar-refractivity contribution is 5.79. The number of halogens is 5. The standard InChI is InChI=1S/C12H14F5N3O2/c13-11(14,5-21)4-18-10(22)6-1-2-8-7(3-6)9(20-19-8)12(15,16)17/h6,21H,1-5H2,(H,18,22)(H,19,20)/t6-/m0/s1. The van der Waals surface area contributed by atoms with Gasteiger partial charge in [0.25, 0.3) is 5.92 Å². The number of nitrogens with zero attached hydrogens (tertiary/aromatic N) is 1. The molecule has 0 saturated heterocycles. The fourth-order valence-corrected chi connectivity index (χ4v) is 2.37. The first-order valence-corrected chi connectivity index (χ1v) is 6.54. The minimum atomic E-state index is -4.63. The van der Waals surface area contributed by atoms with Crippen molar-refractivity contribution in [3.05, 3.63) is 17.0 Å². The predicted octanol–water partition coefficient (Wildman–Crippen LogP) is 1.28. The second kappa shape index (κ2) is 5.82. The summed E-state index contributed by atoms with van der Waals surface area (Å²) in [4.78, 5) is 11.8. The van der Waals surface area contributed by atoms with E-state index in [1.807, 2.05) is 5.32 Å². The number of aliphatic hydroxyl groups is 1. The van der Waals surface area contributed by atoms with Gasteiger partial charge in [-0.25, -0.2) is 8.78 Å². The molecule has 0 aliphatic heterocycles. The Hall–Kier alpha value is -1.71. The van der Waals surface area contributed by atoms with Crippen molar-refractivity contribution in [1.82, 2.24) is 15.5 Å². The van der Waals surface area contributed by atoms with Crippen LogP contribution in [0, 0.1) is 5.92 Å². The second-order valence-corrected chi connectivity index (χ2v) is 5.20. The van der Waals surface area contributed by atoms with Crippen LogP contribution in [0.2, 0.25) is 0 Å². The third kappa shape index (κ3) is 3.54. The van der Waals surface area contributed by atoms with E-state index in [9.17, 15) is 26.7 Å². The maximum Gasteiger partial charge on any atom is 0.435 e. The summed E-state index contributed by atoms with van der Waals surface area (Å²) in [6.07, 6.45) is -4.42. The third-order valence-corrected chi connectivity index (χ3v) is 3.54. The molecule has 0 radical (unpaired) electrons. The first-order chi connectivity index (χ1) is 10.1. The number of hydrogen-bond acceptors (Lipinski definition) is 3. The van der Waals surface area contributed by atoms with Crippen LogP contribution >= 0.6 is 0 Å². The summed E-state index contributed by atoms with van der Waals surface area (Å²) in [7, 11) is 0. The van der Waals surface area contributed by atoms with E-state index in [1.165, 1.54) is 0 Å². The number of aromatic nitrogens is 2. The van der Waals surface area contributed by atoms with Gasteiger partial charge >= 0.3 is 6.18 Å². The van der Waals surface area contributed by atoms with Gasteiger partial charge in [-0.3, -0.25) is 9.89 Å². The number of aryl methyl sites for hydroxylation is 1. The number of fused-ring (bicyclic) bond motifs is 1. The van der Waals surface area contributed by atoms with E-state index in [-0.39, 0.29) is 24.8 Å². The van der Waals surface area contributed by atoms with E-state index in [2.05, 4.69) is 10.2 Å². The molecule has 0 unspecified atom stereocenters.